The summed E-state index contributed by atoms with van der Waals surface area (Å²) in [6.45, 7) is 2.14. The molecule has 138 valence electrons. The Kier molecular flexibility index (Phi) is 4.88. The Morgan fingerprint density at radius 1 is 1.35 bits per heavy atom. The molecule has 2 aliphatic rings. The van der Waals surface area contributed by atoms with E-state index >= 15 is 0 Å². The van der Waals surface area contributed by atoms with Crippen molar-refractivity contribution in [2.24, 2.45) is 0 Å². The molecule has 0 bridgehead atoms. The molecule has 7 heteroatoms. The number of likely N-dealkylation sites (N-methyl/N-ethyl adjacent to an activating group) is 1. The first-order chi connectivity index (χ1) is 12.7. The maximum Gasteiger partial charge on any atom is 0.255 e. The number of nitrogens with zero attached hydrogens (tertiary/aromatic N) is 3. The number of hydrogen-bond acceptors (Lipinski definition) is 6. The second-order valence-electron chi connectivity index (χ2n) is 7.05. The van der Waals surface area contributed by atoms with Gasteiger partial charge in [-0.15, -0.1) is 0 Å². The summed E-state index contributed by atoms with van der Waals surface area (Å²) >= 11 is 0. The van der Waals surface area contributed by atoms with E-state index in [9.17, 15) is 4.79 Å². The van der Waals surface area contributed by atoms with E-state index in [4.69, 9.17) is 4.52 Å². The van der Waals surface area contributed by atoms with Crippen molar-refractivity contribution in [3.63, 3.8) is 0 Å². The summed E-state index contributed by atoms with van der Waals surface area (Å²) < 4.78 is 5.44. The number of anilines is 1. The van der Waals surface area contributed by atoms with E-state index in [1.807, 2.05) is 24.1 Å². The highest BCUT2D eigenvalue weighted by atomic mass is 16.5. The minimum absolute atomic E-state index is 0.0485. The molecule has 0 saturated carbocycles. The monoisotopic (exact) mass is 355 g/mol. The van der Waals surface area contributed by atoms with Gasteiger partial charge in [-0.2, -0.15) is 0 Å². The maximum absolute atomic E-state index is 12.5. The molecule has 0 aromatic carbocycles. The fraction of sp³-hybridized carbons (Fsp3) is 0.526. The van der Waals surface area contributed by atoms with E-state index in [1.165, 1.54) is 18.4 Å². The van der Waals surface area contributed by atoms with Crippen LogP contribution in [0.2, 0.25) is 0 Å². The minimum atomic E-state index is 0.0485. The molecule has 0 unspecified atom stereocenters. The number of aryl methyl sites for hydroxylation is 1. The third kappa shape index (κ3) is 3.44. The van der Waals surface area contributed by atoms with E-state index in [-0.39, 0.29) is 5.91 Å². The van der Waals surface area contributed by atoms with E-state index in [0.717, 1.165) is 49.6 Å². The first kappa shape index (κ1) is 17.0. The van der Waals surface area contributed by atoms with Crippen LogP contribution in [0.25, 0.3) is 0 Å². The van der Waals surface area contributed by atoms with Crippen LogP contribution in [0.1, 0.15) is 46.6 Å². The predicted molar refractivity (Wildman–Crippen MR) is 98.1 cm³/mol. The molecule has 0 radical (unpaired) electrons. The number of carbonyl (C=O) groups is 1. The first-order valence-corrected chi connectivity index (χ1v) is 9.37. The number of pyridine rings is 1. The van der Waals surface area contributed by atoms with Crippen molar-refractivity contribution in [2.75, 3.05) is 25.5 Å². The molecular formula is C19H25N5O2. The van der Waals surface area contributed by atoms with Crippen molar-refractivity contribution in [3.05, 3.63) is 40.9 Å². The number of fused-ring (bicyclic) bond motifs is 1. The van der Waals surface area contributed by atoms with Crippen LogP contribution < -0.4 is 10.6 Å². The summed E-state index contributed by atoms with van der Waals surface area (Å²) in [4.78, 5) is 18.8. The van der Waals surface area contributed by atoms with Crippen LogP contribution in [0.15, 0.2) is 22.9 Å². The van der Waals surface area contributed by atoms with Crippen molar-refractivity contribution in [3.8, 4) is 0 Å². The molecule has 2 aromatic heterocycles. The highest BCUT2D eigenvalue weighted by Gasteiger charge is 2.26. The number of likely N-dealkylation sites (tertiary alicyclic amines) is 1. The quantitative estimate of drug-likeness (QED) is 0.853. The van der Waals surface area contributed by atoms with Crippen LogP contribution in [0, 0.1) is 0 Å². The Labute approximate surface area is 153 Å². The lowest BCUT2D eigenvalue weighted by molar-refractivity contribution is 0.0789. The van der Waals surface area contributed by atoms with Crippen molar-refractivity contribution < 1.29 is 9.32 Å². The van der Waals surface area contributed by atoms with E-state index < -0.39 is 0 Å². The van der Waals surface area contributed by atoms with Gasteiger partial charge in [-0.1, -0.05) is 5.16 Å². The van der Waals surface area contributed by atoms with Crippen LogP contribution >= 0.6 is 0 Å². The molecule has 1 aliphatic carbocycles. The number of nitrogens with one attached hydrogen (secondary N) is 2. The highest BCUT2D eigenvalue weighted by molar-refractivity contribution is 5.94. The molecule has 0 spiro atoms. The SMILES string of the molecule is CN[C@H]1CCN(C(=O)c2ccc(NCc3noc4c3CCCC4)nc2)C1. The fourth-order valence-electron chi connectivity index (χ4n) is 3.75. The molecule has 2 N–H and O–H groups in total. The van der Waals surface area contributed by atoms with E-state index in [1.54, 1.807) is 6.20 Å². The molecule has 1 atom stereocenters. The van der Waals surface area contributed by atoms with E-state index in [2.05, 4.69) is 20.8 Å². The van der Waals surface area contributed by atoms with Crippen molar-refractivity contribution >= 4 is 11.7 Å². The van der Waals surface area contributed by atoms with Gasteiger partial charge < -0.3 is 20.1 Å². The number of hydrogen-bond donors (Lipinski definition) is 2. The lowest BCUT2D eigenvalue weighted by Gasteiger charge is -2.16. The van der Waals surface area contributed by atoms with Crippen LogP contribution in [0.5, 0.6) is 0 Å². The molecule has 1 amide bonds. The van der Waals surface area contributed by atoms with Gasteiger partial charge in [0.2, 0.25) is 0 Å². The predicted octanol–water partition coefficient (Wildman–Crippen LogP) is 1.99. The lowest BCUT2D eigenvalue weighted by atomic mass is 9.96. The van der Waals surface area contributed by atoms with Gasteiger partial charge in [0.05, 0.1) is 12.1 Å². The van der Waals surface area contributed by atoms with Crippen LogP contribution in [0.4, 0.5) is 5.82 Å². The highest BCUT2D eigenvalue weighted by Crippen LogP contribution is 2.24. The molecule has 3 heterocycles. The molecule has 1 fully saturated rings. The Morgan fingerprint density at radius 2 is 2.23 bits per heavy atom. The van der Waals surface area contributed by atoms with Crippen molar-refractivity contribution in [2.45, 2.75) is 44.7 Å². The second kappa shape index (κ2) is 7.45. The number of carbonyl (C=O) groups excluding carboxylic acids is 1. The van der Waals surface area contributed by atoms with Gasteiger partial charge in [0.25, 0.3) is 5.91 Å². The van der Waals surface area contributed by atoms with Gasteiger partial charge in [0.1, 0.15) is 17.3 Å². The molecule has 1 aliphatic heterocycles. The largest absolute Gasteiger partial charge is 0.364 e. The number of amides is 1. The van der Waals surface area contributed by atoms with Gasteiger partial charge in [-0.3, -0.25) is 4.79 Å². The summed E-state index contributed by atoms with van der Waals surface area (Å²) in [7, 11) is 1.94. The Morgan fingerprint density at radius 3 is 3.00 bits per heavy atom. The second-order valence-corrected chi connectivity index (χ2v) is 7.05. The smallest absolute Gasteiger partial charge is 0.255 e. The average molecular weight is 355 g/mol. The lowest BCUT2D eigenvalue weighted by Crippen LogP contribution is -2.33. The van der Waals surface area contributed by atoms with Crippen LogP contribution in [-0.2, 0) is 19.4 Å². The Balaban J connectivity index is 1.36. The van der Waals surface area contributed by atoms with Crippen molar-refractivity contribution in [1.82, 2.24) is 20.4 Å². The van der Waals surface area contributed by atoms with Crippen LogP contribution in [-0.4, -0.2) is 47.1 Å². The number of rotatable bonds is 5. The molecule has 1 saturated heterocycles. The third-order valence-corrected chi connectivity index (χ3v) is 5.36. The summed E-state index contributed by atoms with van der Waals surface area (Å²) in [6.07, 6.45) is 7.05. The number of aromatic nitrogens is 2. The van der Waals surface area contributed by atoms with Crippen LogP contribution in [0.3, 0.4) is 0 Å². The average Bonchev–Trinajstić information content (AvgIpc) is 3.33. The van der Waals surface area contributed by atoms with Gasteiger partial charge in [0.15, 0.2) is 0 Å². The third-order valence-electron chi connectivity index (χ3n) is 5.36. The molecule has 4 rings (SSSR count). The summed E-state index contributed by atoms with van der Waals surface area (Å²) in [5.41, 5.74) is 2.85. The zero-order chi connectivity index (χ0) is 17.9. The van der Waals surface area contributed by atoms with E-state index in [0.29, 0.717) is 18.2 Å². The van der Waals surface area contributed by atoms with Gasteiger partial charge in [0, 0.05) is 37.3 Å². The van der Waals surface area contributed by atoms with Crippen molar-refractivity contribution in [1.29, 1.82) is 0 Å². The Bertz CT molecular complexity index is 771. The van der Waals surface area contributed by atoms with Gasteiger partial charge >= 0.3 is 0 Å². The normalized spacial score (nSPS) is 19.4. The summed E-state index contributed by atoms with van der Waals surface area (Å²) in [6, 6.07) is 4.08. The maximum atomic E-state index is 12.5. The minimum Gasteiger partial charge on any atom is -0.364 e. The molecule has 26 heavy (non-hydrogen) atoms. The molecule has 7 nitrogen and oxygen atoms in total. The molecule has 2 aromatic rings. The fourth-order valence-corrected chi connectivity index (χ4v) is 3.75. The summed E-state index contributed by atoms with van der Waals surface area (Å²) in [5.74, 6) is 1.82. The Hall–Kier alpha value is -2.41. The summed E-state index contributed by atoms with van der Waals surface area (Å²) in [5, 5.41) is 10.7. The van der Waals surface area contributed by atoms with Gasteiger partial charge in [-0.05, 0) is 44.9 Å². The first-order valence-electron chi connectivity index (χ1n) is 9.37. The molecular weight excluding hydrogens is 330 g/mol. The van der Waals surface area contributed by atoms with Gasteiger partial charge in [-0.25, -0.2) is 4.98 Å². The standard InChI is InChI=1S/C19H25N5O2/c1-20-14-8-9-24(12-14)19(25)13-6-7-18(21-10-13)22-11-16-15-4-2-3-5-17(15)26-23-16/h6-7,10,14,20H,2-5,8-9,11-12H2,1H3,(H,21,22)/t14-/m0/s1. The zero-order valence-corrected chi connectivity index (χ0v) is 15.1. The zero-order valence-electron chi connectivity index (χ0n) is 15.1. The topological polar surface area (TPSA) is 83.3 Å².